The van der Waals surface area contributed by atoms with Crippen LogP contribution in [0.5, 0.6) is 5.75 Å². The van der Waals surface area contributed by atoms with Gasteiger partial charge < -0.3 is 14.8 Å². The zero-order valence-corrected chi connectivity index (χ0v) is 18.3. The summed E-state index contributed by atoms with van der Waals surface area (Å²) in [5.74, 6) is 1.71. The maximum Gasteiger partial charge on any atom is 0.321 e. The fourth-order valence-electron chi connectivity index (χ4n) is 6.21. The smallest absolute Gasteiger partial charge is 0.321 e. The third-order valence-corrected chi connectivity index (χ3v) is 7.12. The summed E-state index contributed by atoms with van der Waals surface area (Å²) in [6.45, 7) is 1.48. The van der Waals surface area contributed by atoms with E-state index >= 15 is 0 Å². The highest BCUT2D eigenvalue weighted by Gasteiger charge is 2.51. The number of imide groups is 1. The standard InChI is InChI=1S/C24H32N2O5/c1-15(31-21(27)8-7-19-5-3-4-6-20(19)30-2)22(28)25-23(29)26-24-12-16-9-17(13-24)11-18(10-16)14-24/h3-6,15-18H,7-14H2,1-2H3,(H2,25,26,28,29)/t15-,16?,17?,18?,24?/m1/s1. The Kier molecular flexibility index (Phi) is 6.21. The zero-order chi connectivity index (χ0) is 22.0. The molecular formula is C24H32N2O5. The van der Waals surface area contributed by atoms with Gasteiger partial charge in [-0.1, -0.05) is 18.2 Å². The minimum absolute atomic E-state index is 0.122. The number of esters is 1. The van der Waals surface area contributed by atoms with Crippen molar-refractivity contribution < 1.29 is 23.9 Å². The lowest BCUT2D eigenvalue weighted by molar-refractivity contribution is -0.154. The normalized spacial score (nSPS) is 29.2. The molecule has 0 aromatic heterocycles. The van der Waals surface area contributed by atoms with Crippen LogP contribution in [0.2, 0.25) is 0 Å². The summed E-state index contributed by atoms with van der Waals surface area (Å²) < 4.78 is 10.5. The molecule has 4 aliphatic rings. The van der Waals surface area contributed by atoms with Gasteiger partial charge in [-0.3, -0.25) is 14.9 Å². The minimum Gasteiger partial charge on any atom is -0.496 e. The molecule has 7 heteroatoms. The van der Waals surface area contributed by atoms with E-state index in [0.717, 1.165) is 24.8 Å². The molecule has 5 rings (SSSR count). The summed E-state index contributed by atoms with van der Waals surface area (Å²) in [4.78, 5) is 37.1. The van der Waals surface area contributed by atoms with Gasteiger partial charge in [0.15, 0.2) is 6.10 Å². The molecule has 3 amide bonds. The largest absolute Gasteiger partial charge is 0.496 e. The Hall–Kier alpha value is -2.57. The van der Waals surface area contributed by atoms with E-state index in [0.29, 0.717) is 29.9 Å². The number of carbonyl (C=O) groups is 3. The lowest BCUT2D eigenvalue weighted by Gasteiger charge is -2.56. The number of methoxy groups -OCH3 is 1. The fourth-order valence-corrected chi connectivity index (χ4v) is 6.21. The Morgan fingerprint density at radius 3 is 2.29 bits per heavy atom. The van der Waals surface area contributed by atoms with Gasteiger partial charge in [-0.15, -0.1) is 0 Å². The van der Waals surface area contributed by atoms with Crippen molar-refractivity contribution in [1.29, 1.82) is 0 Å². The third-order valence-electron chi connectivity index (χ3n) is 7.12. The van der Waals surface area contributed by atoms with Crippen molar-refractivity contribution in [2.75, 3.05) is 7.11 Å². The number of amides is 3. The molecule has 7 nitrogen and oxygen atoms in total. The topological polar surface area (TPSA) is 93.7 Å². The highest BCUT2D eigenvalue weighted by Crippen LogP contribution is 2.55. The van der Waals surface area contributed by atoms with E-state index in [2.05, 4.69) is 10.6 Å². The molecule has 4 fully saturated rings. The van der Waals surface area contributed by atoms with Crippen molar-refractivity contribution in [3.05, 3.63) is 29.8 Å². The van der Waals surface area contributed by atoms with Crippen molar-refractivity contribution in [2.24, 2.45) is 17.8 Å². The van der Waals surface area contributed by atoms with Gasteiger partial charge in [0.05, 0.1) is 7.11 Å². The molecule has 31 heavy (non-hydrogen) atoms. The molecule has 4 bridgehead atoms. The van der Waals surface area contributed by atoms with Crippen LogP contribution in [0, 0.1) is 17.8 Å². The number of carbonyl (C=O) groups excluding carboxylic acids is 3. The maximum atomic E-state index is 12.5. The van der Waals surface area contributed by atoms with Crippen molar-refractivity contribution >= 4 is 17.9 Å². The second kappa shape index (κ2) is 8.89. The molecule has 0 unspecified atom stereocenters. The van der Waals surface area contributed by atoms with Crippen LogP contribution in [0.3, 0.4) is 0 Å². The number of para-hydroxylation sites is 1. The van der Waals surface area contributed by atoms with Crippen molar-refractivity contribution in [1.82, 2.24) is 10.6 Å². The fraction of sp³-hybridized carbons (Fsp3) is 0.625. The van der Waals surface area contributed by atoms with E-state index in [4.69, 9.17) is 9.47 Å². The predicted molar refractivity (Wildman–Crippen MR) is 114 cm³/mol. The molecule has 1 aromatic rings. The minimum atomic E-state index is -1.03. The SMILES string of the molecule is COc1ccccc1CCC(=O)O[C@H](C)C(=O)NC(=O)NC12CC3CC(CC(C3)C1)C2. The van der Waals surface area contributed by atoms with Gasteiger partial charge >= 0.3 is 12.0 Å². The van der Waals surface area contributed by atoms with Crippen LogP contribution in [0.1, 0.15) is 57.4 Å². The Bertz CT molecular complexity index is 817. The monoisotopic (exact) mass is 428 g/mol. The summed E-state index contributed by atoms with van der Waals surface area (Å²) in [5, 5.41) is 5.46. The summed E-state index contributed by atoms with van der Waals surface area (Å²) in [6.07, 6.45) is 6.40. The van der Waals surface area contributed by atoms with Gasteiger partial charge in [-0.2, -0.15) is 0 Å². The van der Waals surface area contributed by atoms with Crippen LogP contribution in [0.15, 0.2) is 24.3 Å². The number of hydrogen-bond donors (Lipinski definition) is 2. The van der Waals surface area contributed by atoms with Crippen LogP contribution in [-0.4, -0.2) is 36.7 Å². The summed E-state index contributed by atoms with van der Waals surface area (Å²) in [5.41, 5.74) is 0.724. The van der Waals surface area contributed by atoms with E-state index in [9.17, 15) is 14.4 Å². The molecule has 168 valence electrons. The Balaban J connectivity index is 1.23. The zero-order valence-electron chi connectivity index (χ0n) is 18.3. The van der Waals surface area contributed by atoms with Crippen LogP contribution >= 0.6 is 0 Å². The number of nitrogens with one attached hydrogen (secondary N) is 2. The molecule has 1 aromatic carbocycles. The molecular weight excluding hydrogens is 396 g/mol. The lowest BCUT2D eigenvalue weighted by atomic mass is 9.53. The van der Waals surface area contributed by atoms with Crippen molar-refractivity contribution in [2.45, 2.75) is 69.9 Å². The van der Waals surface area contributed by atoms with Crippen molar-refractivity contribution in [3.63, 3.8) is 0 Å². The Morgan fingerprint density at radius 1 is 1.06 bits per heavy atom. The van der Waals surface area contributed by atoms with Gasteiger partial charge in [-0.05, 0) is 81.3 Å². The van der Waals surface area contributed by atoms with Gasteiger partial charge in [-0.25, -0.2) is 4.79 Å². The highest BCUT2D eigenvalue weighted by molar-refractivity contribution is 5.97. The second-order valence-electron chi connectivity index (χ2n) is 9.59. The van der Waals surface area contributed by atoms with Gasteiger partial charge in [0.2, 0.25) is 0 Å². The Morgan fingerprint density at radius 2 is 1.68 bits per heavy atom. The number of hydrogen-bond acceptors (Lipinski definition) is 5. The van der Waals surface area contributed by atoms with E-state index < -0.39 is 24.0 Å². The van der Waals surface area contributed by atoms with Crippen LogP contribution in [-0.2, 0) is 20.7 Å². The molecule has 1 atom stereocenters. The van der Waals surface area contributed by atoms with Gasteiger partial charge in [0.25, 0.3) is 5.91 Å². The molecule has 0 aliphatic heterocycles. The van der Waals surface area contributed by atoms with Crippen LogP contribution in [0.25, 0.3) is 0 Å². The highest BCUT2D eigenvalue weighted by atomic mass is 16.5. The quantitative estimate of drug-likeness (QED) is 0.650. The molecule has 2 N–H and O–H groups in total. The molecule has 4 saturated carbocycles. The van der Waals surface area contributed by atoms with Crippen LogP contribution in [0.4, 0.5) is 4.79 Å². The molecule has 4 aliphatic carbocycles. The predicted octanol–water partition coefficient (Wildman–Crippen LogP) is 3.35. The summed E-state index contributed by atoms with van der Waals surface area (Å²) >= 11 is 0. The van der Waals surface area contributed by atoms with E-state index in [1.54, 1.807) is 7.11 Å². The number of rotatable bonds is 7. The first-order chi connectivity index (χ1) is 14.9. The second-order valence-corrected chi connectivity index (χ2v) is 9.59. The summed E-state index contributed by atoms with van der Waals surface area (Å²) in [6, 6.07) is 6.98. The average molecular weight is 429 g/mol. The van der Waals surface area contributed by atoms with E-state index in [-0.39, 0.29) is 12.0 Å². The first-order valence-corrected chi connectivity index (χ1v) is 11.3. The van der Waals surface area contributed by atoms with Gasteiger partial charge in [0, 0.05) is 12.0 Å². The molecule has 0 saturated heterocycles. The molecule has 0 heterocycles. The van der Waals surface area contributed by atoms with Crippen molar-refractivity contribution in [3.8, 4) is 5.75 Å². The third kappa shape index (κ3) is 5.02. The number of urea groups is 1. The molecule has 0 spiro atoms. The number of benzene rings is 1. The lowest BCUT2D eigenvalue weighted by Crippen LogP contribution is -2.62. The van der Waals surface area contributed by atoms with E-state index in [1.807, 2.05) is 24.3 Å². The first kappa shape index (κ1) is 21.7. The number of aryl methyl sites for hydroxylation is 1. The Labute approximate surface area is 183 Å². The van der Waals surface area contributed by atoms with Gasteiger partial charge in [0.1, 0.15) is 5.75 Å². The summed E-state index contributed by atoms with van der Waals surface area (Å²) in [7, 11) is 1.58. The maximum absolute atomic E-state index is 12.5. The molecule has 0 radical (unpaired) electrons. The average Bonchev–Trinajstić information content (AvgIpc) is 2.70. The number of ether oxygens (including phenoxy) is 2. The van der Waals surface area contributed by atoms with E-state index in [1.165, 1.54) is 26.2 Å². The van der Waals surface area contributed by atoms with Crippen LogP contribution < -0.4 is 15.4 Å². The first-order valence-electron chi connectivity index (χ1n) is 11.3.